The molecule has 0 saturated carbocycles. The molecule has 5 nitrogen and oxygen atoms in total. The molecule has 0 saturated heterocycles. The Morgan fingerprint density at radius 3 is 2.62 bits per heavy atom. The highest BCUT2D eigenvalue weighted by Gasteiger charge is 2.01. The average Bonchev–Trinajstić information content (AvgIpc) is 2.65. The van der Waals surface area contributed by atoms with Gasteiger partial charge in [-0.3, -0.25) is 9.48 Å². The van der Waals surface area contributed by atoms with Gasteiger partial charge in [-0.25, -0.2) is 4.98 Å². The van der Waals surface area contributed by atoms with Crippen LogP contribution in [-0.2, 0) is 11.8 Å². The van der Waals surface area contributed by atoms with Crippen molar-refractivity contribution in [3.63, 3.8) is 0 Å². The van der Waals surface area contributed by atoms with Crippen LogP contribution in [0, 0.1) is 0 Å². The third-order valence-corrected chi connectivity index (χ3v) is 2.11. The molecule has 16 heavy (non-hydrogen) atoms. The third-order valence-electron chi connectivity index (χ3n) is 2.11. The van der Waals surface area contributed by atoms with Crippen LogP contribution in [0.4, 0.5) is 5.82 Å². The number of carbonyl (C=O) groups excluding carboxylic acids is 1. The molecule has 0 aliphatic carbocycles. The maximum atomic E-state index is 10.8. The van der Waals surface area contributed by atoms with E-state index in [4.69, 9.17) is 0 Å². The normalized spacial score (nSPS) is 10.1. The average molecular weight is 216 g/mol. The largest absolute Gasteiger partial charge is 0.311 e. The Morgan fingerprint density at radius 1 is 1.31 bits per heavy atom. The van der Waals surface area contributed by atoms with Gasteiger partial charge in [-0.15, -0.1) is 0 Å². The van der Waals surface area contributed by atoms with Crippen molar-refractivity contribution < 1.29 is 4.79 Å². The van der Waals surface area contributed by atoms with Crippen LogP contribution in [0.25, 0.3) is 11.1 Å². The molecule has 1 amide bonds. The van der Waals surface area contributed by atoms with Gasteiger partial charge in [-0.2, -0.15) is 5.10 Å². The Hall–Kier alpha value is -2.17. The summed E-state index contributed by atoms with van der Waals surface area (Å²) in [6.07, 6.45) is 5.40. The molecule has 0 unspecified atom stereocenters. The fourth-order valence-electron chi connectivity index (χ4n) is 1.39. The summed E-state index contributed by atoms with van der Waals surface area (Å²) in [4.78, 5) is 14.9. The van der Waals surface area contributed by atoms with Crippen LogP contribution in [0.15, 0.2) is 30.7 Å². The van der Waals surface area contributed by atoms with Gasteiger partial charge >= 0.3 is 0 Å². The van der Waals surface area contributed by atoms with E-state index >= 15 is 0 Å². The SMILES string of the molecule is CC(=O)Nc1ccc(-c2cnn(C)c2)cn1. The van der Waals surface area contributed by atoms with Crippen LogP contribution in [-0.4, -0.2) is 20.7 Å². The molecular weight excluding hydrogens is 204 g/mol. The van der Waals surface area contributed by atoms with Crippen molar-refractivity contribution in [3.8, 4) is 11.1 Å². The maximum absolute atomic E-state index is 10.8. The van der Waals surface area contributed by atoms with E-state index < -0.39 is 0 Å². The van der Waals surface area contributed by atoms with E-state index in [2.05, 4.69) is 15.4 Å². The van der Waals surface area contributed by atoms with Gasteiger partial charge in [0.2, 0.25) is 5.91 Å². The number of rotatable bonds is 2. The minimum absolute atomic E-state index is 0.123. The lowest BCUT2D eigenvalue weighted by atomic mass is 10.2. The molecule has 0 fully saturated rings. The lowest BCUT2D eigenvalue weighted by Crippen LogP contribution is -2.06. The van der Waals surface area contributed by atoms with Crippen molar-refractivity contribution in [1.82, 2.24) is 14.8 Å². The Bertz CT molecular complexity index is 501. The zero-order valence-corrected chi connectivity index (χ0v) is 9.14. The van der Waals surface area contributed by atoms with Gasteiger partial charge in [0.05, 0.1) is 6.20 Å². The predicted molar refractivity (Wildman–Crippen MR) is 60.7 cm³/mol. The van der Waals surface area contributed by atoms with E-state index in [0.29, 0.717) is 5.82 Å². The molecule has 82 valence electrons. The van der Waals surface area contributed by atoms with Gasteiger partial charge < -0.3 is 5.32 Å². The topological polar surface area (TPSA) is 59.8 Å². The molecule has 0 spiro atoms. The summed E-state index contributed by atoms with van der Waals surface area (Å²) in [7, 11) is 1.86. The summed E-state index contributed by atoms with van der Waals surface area (Å²) in [6.45, 7) is 1.46. The number of pyridine rings is 1. The zero-order chi connectivity index (χ0) is 11.5. The van der Waals surface area contributed by atoms with Crippen molar-refractivity contribution in [2.75, 3.05) is 5.32 Å². The first-order valence-corrected chi connectivity index (χ1v) is 4.88. The highest BCUT2D eigenvalue weighted by Crippen LogP contribution is 2.18. The second-order valence-corrected chi connectivity index (χ2v) is 3.52. The molecule has 2 aromatic rings. The Kier molecular flexibility index (Phi) is 2.68. The molecule has 0 atom stereocenters. The molecule has 2 rings (SSSR count). The number of aromatic nitrogens is 3. The van der Waals surface area contributed by atoms with Crippen LogP contribution in [0.2, 0.25) is 0 Å². The molecule has 0 bridgehead atoms. The molecule has 2 heterocycles. The molecule has 2 aromatic heterocycles. The number of nitrogens with zero attached hydrogens (tertiary/aromatic N) is 3. The lowest BCUT2D eigenvalue weighted by molar-refractivity contribution is -0.114. The molecule has 0 aromatic carbocycles. The standard InChI is InChI=1S/C11H12N4O/c1-8(16)14-11-4-3-9(5-12-11)10-6-13-15(2)7-10/h3-7H,1-2H3,(H,12,14,16). The van der Waals surface area contributed by atoms with Crippen molar-refractivity contribution in [2.24, 2.45) is 7.05 Å². The van der Waals surface area contributed by atoms with Gasteiger partial charge in [0, 0.05) is 37.5 Å². The third kappa shape index (κ3) is 2.25. The first-order chi connectivity index (χ1) is 7.65. The van der Waals surface area contributed by atoms with Gasteiger partial charge in [-0.05, 0) is 12.1 Å². The molecule has 0 aliphatic heterocycles. The molecule has 1 N–H and O–H groups in total. The molecule has 5 heteroatoms. The monoisotopic (exact) mass is 216 g/mol. The minimum atomic E-state index is -0.123. The summed E-state index contributed by atoms with van der Waals surface area (Å²) in [5.74, 6) is 0.432. The fraction of sp³-hybridized carbons (Fsp3) is 0.182. The van der Waals surface area contributed by atoms with Crippen molar-refractivity contribution in [2.45, 2.75) is 6.92 Å². The Labute approximate surface area is 93.1 Å². The van der Waals surface area contributed by atoms with Crippen LogP contribution in [0.3, 0.4) is 0 Å². The first kappa shape index (κ1) is 10.4. The number of nitrogens with one attached hydrogen (secondary N) is 1. The Morgan fingerprint density at radius 2 is 2.12 bits per heavy atom. The van der Waals surface area contributed by atoms with Gasteiger partial charge in [0.25, 0.3) is 0 Å². The van der Waals surface area contributed by atoms with Crippen LogP contribution in [0.1, 0.15) is 6.92 Å². The minimum Gasteiger partial charge on any atom is -0.311 e. The molecular formula is C11H12N4O. The summed E-state index contributed by atoms with van der Waals surface area (Å²) < 4.78 is 1.73. The first-order valence-electron chi connectivity index (χ1n) is 4.88. The van der Waals surface area contributed by atoms with Crippen LogP contribution in [0.5, 0.6) is 0 Å². The van der Waals surface area contributed by atoms with Gasteiger partial charge in [-0.1, -0.05) is 0 Å². The fourth-order valence-corrected chi connectivity index (χ4v) is 1.39. The second-order valence-electron chi connectivity index (χ2n) is 3.52. The van der Waals surface area contributed by atoms with Gasteiger partial charge in [0.1, 0.15) is 5.82 Å². The number of hydrogen-bond donors (Lipinski definition) is 1. The summed E-state index contributed by atoms with van der Waals surface area (Å²) >= 11 is 0. The quantitative estimate of drug-likeness (QED) is 0.826. The number of anilines is 1. The summed E-state index contributed by atoms with van der Waals surface area (Å²) in [5, 5.41) is 6.70. The van der Waals surface area contributed by atoms with E-state index in [-0.39, 0.29) is 5.91 Å². The van der Waals surface area contributed by atoms with Gasteiger partial charge in [0.15, 0.2) is 0 Å². The number of hydrogen-bond acceptors (Lipinski definition) is 3. The number of carbonyl (C=O) groups is 1. The molecule has 0 radical (unpaired) electrons. The zero-order valence-electron chi connectivity index (χ0n) is 9.14. The maximum Gasteiger partial charge on any atom is 0.222 e. The number of aryl methyl sites for hydroxylation is 1. The molecule has 0 aliphatic rings. The van der Waals surface area contributed by atoms with Crippen molar-refractivity contribution >= 4 is 11.7 Å². The van der Waals surface area contributed by atoms with E-state index in [1.807, 2.05) is 19.3 Å². The van der Waals surface area contributed by atoms with E-state index in [1.165, 1.54) is 6.92 Å². The lowest BCUT2D eigenvalue weighted by Gasteiger charge is -2.01. The highest BCUT2D eigenvalue weighted by atomic mass is 16.1. The predicted octanol–water partition coefficient (Wildman–Crippen LogP) is 1.44. The van der Waals surface area contributed by atoms with Crippen LogP contribution < -0.4 is 5.32 Å². The van der Waals surface area contributed by atoms with E-state index in [9.17, 15) is 4.79 Å². The van der Waals surface area contributed by atoms with E-state index in [0.717, 1.165) is 11.1 Å². The smallest absolute Gasteiger partial charge is 0.222 e. The summed E-state index contributed by atoms with van der Waals surface area (Å²) in [6, 6.07) is 3.67. The highest BCUT2D eigenvalue weighted by molar-refractivity contribution is 5.87. The van der Waals surface area contributed by atoms with Crippen molar-refractivity contribution in [1.29, 1.82) is 0 Å². The second kappa shape index (κ2) is 4.14. The summed E-state index contributed by atoms with van der Waals surface area (Å²) in [5.41, 5.74) is 1.98. The van der Waals surface area contributed by atoms with Crippen molar-refractivity contribution in [3.05, 3.63) is 30.7 Å². The van der Waals surface area contributed by atoms with E-state index in [1.54, 1.807) is 23.1 Å². The number of amides is 1. The van der Waals surface area contributed by atoms with Crippen LogP contribution >= 0.6 is 0 Å². The Balaban J connectivity index is 2.22.